The summed E-state index contributed by atoms with van der Waals surface area (Å²) in [6, 6.07) is 3.05. The van der Waals surface area contributed by atoms with Crippen LogP contribution in [0.1, 0.15) is 17.5 Å². The number of carbonyl (C=O) groups is 1. The molecule has 0 saturated carbocycles. The van der Waals surface area contributed by atoms with Crippen molar-refractivity contribution < 1.29 is 14.3 Å². The van der Waals surface area contributed by atoms with Crippen molar-refractivity contribution in [3.05, 3.63) is 29.1 Å². The van der Waals surface area contributed by atoms with Crippen LogP contribution >= 0.6 is 0 Å². The molecule has 0 aromatic heterocycles. The summed E-state index contributed by atoms with van der Waals surface area (Å²) < 4.78 is 13.7. The Balaban J connectivity index is 2.41. The molecule has 0 amide bonds. The van der Waals surface area contributed by atoms with Gasteiger partial charge in [-0.05, 0) is 18.4 Å². The second-order valence-electron chi connectivity index (χ2n) is 3.66. The van der Waals surface area contributed by atoms with Crippen LogP contribution in [0.3, 0.4) is 0 Å². The minimum Gasteiger partial charge on any atom is -0.392 e. The maximum Gasteiger partial charge on any atom is 0.152 e. The van der Waals surface area contributed by atoms with Gasteiger partial charge in [0.25, 0.3) is 0 Å². The smallest absolute Gasteiger partial charge is 0.152 e. The number of aryl methyl sites for hydroxylation is 1. The molecule has 15 heavy (non-hydrogen) atoms. The van der Waals surface area contributed by atoms with Gasteiger partial charge in [-0.15, -0.1) is 0 Å². The Morgan fingerprint density at radius 3 is 3.07 bits per heavy atom. The Kier molecular flexibility index (Phi) is 2.68. The average molecular weight is 209 g/mol. The Hall–Kier alpha value is -1.42. The molecule has 1 aromatic carbocycles. The highest BCUT2D eigenvalue weighted by molar-refractivity contribution is 5.68. The van der Waals surface area contributed by atoms with Gasteiger partial charge in [0.2, 0.25) is 0 Å². The van der Waals surface area contributed by atoms with Crippen molar-refractivity contribution in [2.75, 3.05) is 5.32 Å². The van der Waals surface area contributed by atoms with Crippen LogP contribution in [-0.4, -0.2) is 17.4 Å². The number of aldehydes is 1. The Labute approximate surface area is 86.9 Å². The van der Waals surface area contributed by atoms with Crippen LogP contribution in [0.25, 0.3) is 0 Å². The summed E-state index contributed by atoms with van der Waals surface area (Å²) in [6.07, 6.45) is 2.16. The number of aliphatic hydroxyl groups excluding tert-OH is 1. The molecule has 0 spiro atoms. The number of hydrogen-bond donors (Lipinski definition) is 2. The first-order valence-electron chi connectivity index (χ1n) is 4.89. The van der Waals surface area contributed by atoms with Gasteiger partial charge in [-0.3, -0.25) is 0 Å². The fraction of sp³-hybridized carbons (Fsp3) is 0.364. The van der Waals surface area contributed by atoms with Crippen LogP contribution in [0.4, 0.5) is 10.1 Å². The highest BCUT2D eigenvalue weighted by atomic mass is 19.1. The molecule has 2 rings (SSSR count). The molecule has 1 unspecified atom stereocenters. The van der Waals surface area contributed by atoms with E-state index < -0.39 is 5.82 Å². The molecule has 4 heteroatoms. The van der Waals surface area contributed by atoms with E-state index in [0.29, 0.717) is 18.5 Å². The number of carbonyl (C=O) groups excluding carboxylic acids is 1. The lowest BCUT2D eigenvalue weighted by Crippen LogP contribution is -2.27. The molecule has 0 aliphatic carbocycles. The Morgan fingerprint density at radius 2 is 2.40 bits per heavy atom. The lowest BCUT2D eigenvalue weighted by molar-refractivity contribution is -0.108. The molecule has 1 aliphatic heterocycles. The molecular formula is C11H12FNO2. The van der Waals surface area contributed by atoms with Gasteiger partial charge in [0, 0.05) is 5.56 Å². The van der Waals surface area contributed by atoms with Crippen LogP contribution in [0.15, 0.2) is 12.1 Å². The topological polar surface area (TPSA) is 49.3 Å². The summed E-state index contributed by atoms with van der Waals surface area (Å²) in [7, 11) is 0. The fourth-order valence-corrected chi connectivity index (χ4v) is 1.82. The fourth-order valence-electron chi connectivity index (χ4n) is 1.82. The quantitative estimate of drug-likeness (QED) is 0.720. The first-order chi connectivity index (χ1) is 7.26. The standard InChI is InChI=1S/C11H12FNO2/c12-10-8(5-14)2-1-7-3-4-9(6-15)13-11(7)10/h1-2,6,9,13-14H,3-5H2. The van der Waals surface area contributed by atoms with E-state index in [1.165, 1.54) is 0 Å². The first-order valence-corrected chi connectivity index (χ1v) is 4.89. The second-order valence-corrected chi connectivity index (χ2v) is 3.66. The van der Waals surface area contributed by atoms with Gasteiger partial charge < -0.3 is 15.2 Å². The molecule has 2 N–H and O–H groups in total. The molecule has 1 aliphatic rings. The van der Waals surface area contributed by atoms with Gasteiger partial charge in [-0.25, -0.2) is 4.39 Å². The van der Waals surface area contributed by atoms with Crippen molar-refractivity contribution >= 4 is 12.0 Å². The van der Waals surface area contributed by atoms with E-state index in [4.69, 9.17) is 5.11 Å². The highest BCUT2D eigenvalue weighted by Gasteiger charge is 2.21. The van der Waals surface area contributed by atoms with E-state index in [1.54, 1.807) is 12.1 Å². The van der Waals surface area contributed by atoms with E-state index in [2.05, 4.69) is 5.32 Å². The summed E-state index contributed by atoms with van der Waals surface area (Å²) in [5.41, 5.74) is 1.49. The summed E-state index contributed by atoms with van der Waals surface area (Å²) in [6.45, 7) is -0.327. The van der Waals surface area contributed by atoms with Gasteiger partial charge >= 0.3 is 0 Å². The van der Waals surface area contributed by atoms with Crippen molar-refractivity contribution in [2.45, 2.75) is 25.5 Å². The third-order valence-corrected chi connectivity index (χ3v) is 2.70. The van der Waals surface area contributed by atoms with E-state index in [-0.39, 0.29) is 18.2 Å². The minimum atomic E-state index is -0.443. The van der Waals surface area contributed by atoms with E-state index in [9.17, 15) is 9.18 Å². The van der Waals surface area contributed by atoms with Crippen LogP contribution < -0.4 is 5.32 Å². The SMILES string of the molecule is O=CC1CCc2ccc(CO)c(F)c2N1. The molecular weight excluding hydrogens is 197 g/mol. The number of rotatable bonds is 2. The Bertz CT molecular complexity index is 392. The number of halogens is 1. The number of nitrogens with one attached hydrogen (secondary N) is 1. The predicted molar refractivity (Wildman–Crippen MR) is 54.1 cm³/mol. The largest absolute Gasteiger partial charge is 0.392 e. The van der Waals surface area contributed by atoms with Crippen molar-refractivity contribution in [2.24, 2.45) is 0 Å². The second kappa shape index (κ2) is 3.98. The van der Waals surface area contributed by atoms with E-state index in [1.807, 2.05) is 0 Å². The zero-order chi connectivity index (χ0) is 10.8. The van der Waals surface area contributed by atoms with Crippen LogP contribution in [0, 0.1) is 5.82 Å². The van der Waals surface area contributed by atoms with Crippen molar-refractivity contribution in [3.63, 3.8) is 0 Å². The highest BCUT2D eigenvalue weighted by Crippen LogP contribution is 2.29. The summed E-state index contributed by atoms with van der Waals surface area (Å²) >= 11 is 0. The Morgan fingerprint density at radius 1 is 1.60 bits per heavy atom. The van der Waals surface area contributed by atoms with Crippen molar-refractivity contribution in [1.29, 1.82) is 0 Å². The predicted octanol–water partition coefficient (Wildman–Crippen LogP) is 1.24. The summed E-state index contributed by atoms with van der Waals surface area (Å²) in [5.74, 6) is -0.443. The number of benzene rings is 1. The van der Waals surface area contributed by atoms with E-state index in [0.717, 1.165) is 11.8 Å². The van der Waals surface area contributed by atoms with Gasteiger partial charge in [-0.2, -0.15) is 0 Å². The average Bonchev–Trinajstić information content (AvgIpc) is 2.29. The van der Waals surface area contributed by atoms with Crippen LogP contribution in [-0.2, 0) is 17.8 Å². The summed E-state index contributed by atoms with van der Waals surface area (Å²) in [4.78, 5) is 10.6. The van der Waals surface area contributed by atoms with Crippen molar-refractivity contribution in [3.8, 4) is 0 Å². The molecule has 0 saturated heterocycles. The van der Waals surface area contributed by atoms with E-state index >= 15 is 0 Å². The molecule has 1 aromatic rings. The minimum absolute atomic E-state index is 0.257. The summed E-state index contributed by atoms with van der Waals surface area (Å²) in [5, 5.41) is 11.7. The number of aliphatic hydroxyl groups is 1. The van der Waals surface area contributed by atoms with Crippen LogP contribution in [0.5, 0.6) is 0 Å². The third kappa shape index (κ3) is 1.72. The molecule has 3 nitrogen and oxygen atoms in total. The molecule has 0 bridgehead atoms. The van der Waals surface area contributed by atoms with Gasteiger partial charge in [0.15, 0.2) is 5.82 Å². The zero-order valence-electron chi connectivity index (χ0n) is 8.16. The monoisotopic (exact) mass is 209 g/mol. The number of fused-ring (bicyclic) bond motifs is 1. The normalized spacial score (nSPS) is 19.2. The molecule has 0 fully saturated rings. The maximum absolute atomic E-state index is 13.7. The zero-order valence-corrected chi connectivity index (χ0v) is 8.16. The van der Waals surface area contributed by atoms with Crippen molar-refractivity contribution in [1.82, 2.24) is 0 Å². The molecule has 0 radical (unpaired) electrons. The maximum atomic E-state index is 13.7. The number of hydrogen-bond acceptors (Lipinski definition) is 3. The lowest BCUT2D eigenvalue weighted by Gasteiger charge is -2.24. The molecule has 1 atom stereocenters. The number of anilines is 1. The molecule has 80 valence electrons. The third-order valence-electron chi connectivity index (χ3n) is 2.70. The van der Waals surface area contributed by atoms with Gasteiger partial charge in [0.1, 0.15) is 6.29 Å². The van der Waals surface area contributed by atoms with Gasteiger partial charge in [-0.1, -0.05) is 12.1 Å². The first kappa shape index (κ1) is 10.1. The molecule has 1 heterocycles. The van der Waals surface area contributed by atoms with Gasteiger partial charge in [0.05, 0.1) is 18.3 Å². The lowest BCUT2D eigenvalue weighted by atomic mass is 9.97. The van der Waals surface area contributed by atoms with Crippen LogP contribution in [0.2, 0.25) is 0 Å².